The van der Waals surface area contributed by atoms with Gasteiger partial charge in [-0.3, -0.25) is 9.59 Å². The Morgan fingerprint density at radius 1 is 1.09 bits per heavy atom. The molecule has 0 saturated heterocycles. The fraction of sp³-hybridized carbons (Fsp3) is 0.176. The number of amides is 2. The van der Waals surface area contributed by atoms with Crippen LogP contribution in [0.25, 0.3) is 0 Å². The van der Waals surface area contributed by atoms with Gasteiger partial charge in [0.2, 0.25) is 19.7 Å². The van der Waals surface area contributed by atoms with Crippen molar-refractivity contribution in [1.82, 2.24) is 9.62 Å². The number of carbonyl (C=O) groups is 2. The van der Waals surface area contributed by atoms with Gasteiger partial charge in [-0.2, -0.15) is 0 Å². The van der Waals surface area contributed by atoms with Crippen LogP contribution in [0.1, 0.15) is 10.4 Å². The number of hydrogen-bond donors (Lipinski definition) is 3. The van der Waals surface area contributed by atoms with Gasteiger partial charge < -0.3 is 10.6 Å². The number of rotatable bonds is 6. The number of halogens is 3. The van der Waals surface area contributed by atoms with Crippen LogP contribution >= 0.6 is 34.8 Å². The molecule has 2 aromatic carbocycles. The lowest BCUT2D eigenvalue weighted by Crippen LogP contribution is -2.52. The van der Waals surface area contributed by atoms with Crippen LogP contribution in [-0.2, 0) is 24.8 Å². The van der Waals surface area contributed by atoms with Gasteiger partial charge in [0.25, 0.3) is 15.9 Å². The van der Waals surface area contributed by atoms with Crippen LogP contribution in [0, 0.1) is 0 Å². The van der Waals surface area contributed by atoms with E-state index < -0.39 is 48.4 Å². The summed E-state index contributed by atoms with van der Waals surface area (Å²) in [5.41, 5.74) is 0.206. The number of nitrogens with one attached hydrogen (secondary N) is 2. The molecule has 0 aromatic heterocycles. The molecule has 0 bridgehead atoms. The maximum absolute atomic E-state index is 12.6. The highest BCUT2D eigenvalue weighted by molar-refractivity contribution is 7.90. The van der Waals surface area contributed by atoms with E-state index in [0.717, 1.165) is 0 Å². The molecule has 0 aliphatic carbocycles. The standard InChI is InChI=1S/C17H15Cl3N4O6S2/c18-17(19,20)16(22-10-5-7-11(8-6-10)31(21,27)28)23-14(25)9-24-15(26)12-3-1-2-4-13(12)32(24,29)30/h1-8,16,22H,9H2,(H,23,25)(H2,21,27,28)/t16-/m1/s1. The summed E-state index contributed by atoms with van der Waals surface area (Å²) >= 11 is 17.7. The Bertz CT molecular complexity index is 1280. The Balaban J connectivity index is 1.76. The predicted octanol–water partition coefficient (Wildman–Crippen LogP) is 1.40. The van der Waals surface area contributed by atoms with Crippen molar-refractivity contribution in [1.29, 1.82) is 0 Å². The Morgan fingerprint density at radius 3 is 2.22 bits per heavy atom. The summed E-state index contributed by atoms with van der Waals surface area (Å²) in [6.07, 6.45) is -1.37. The van der Waals surface area contributed by atoms with Crippen molar-refractivity contribution in [3.63, 3.8) is 0 Å². The molecule has 2 amide bonds. The van der Waals surface area contributed by atoms with Crippen LogP contribution in [0.15, 0.2) is 58.3 Å². The predicted molar refractivity (Wildman–Crippen MR) is 118 cm³/mol. The summed E-state index contributed by atoms with van der Waals surface area (Å²) in [6.45, 7) is -0.848. The summed E-state index contributed by atoms with van der Waals surface area (Å²) in [7, 11) is -8.12. The molecule has 0 saturated carbocycles. The molecule has 32 heavy (non-hydrogen) atoms. The molecule has 15 heteroatoms. The Labute approximate surface area is 198 Å². The second-order valence-corrected chi connectivity index (χ2v) is 12.3. The van der Waals surface area contributed by atoms with Gasteiger partial charge in [-0.05, 0) is 36.4 Å². The van der Waals surface area contributed by atoms with Crippen LogP contribution in [0.5, 0.6) is 0 Å². The maximum atomic E-state index is 12.6. The highest BCUT2D eigenvalue weighted by Crippen LogP contribution is 2.32. The fourth-order valence-electron chi connectivity index (χ4n) is 2.83. The summed E-state index contributed by atoms with van der Waals surface area (Å²) in [5.74, 6) is -1.78. The van der Waals surface area contributed by atoms with Crippen LogP contribution in [-0.4, -0.2) is 49.5 Å². The van der Waals surface area contributed by atoms with E-state index in [1.807, 2.05) is 0 Å². The van der Waals surface area contributed by atoms with Crippen molar-refractivity contribution < 1.29 is 26.4 Å². The summed E-state index contributed by atoms with van der Waals surface area (Å²) in [5, 5.41) is 10.0. The van der Waals surface area contributed by atoms with Gasteiger partial charge in [0.1, 0.15) is 17.6 Å². The van der Waals surface area contributed by atoms with E-state index in [-0.39, 0.29) is 21.0 Å². The first-order chi connectivity index (χ1) is 14.7. The second kappa shape index (κ2) is 8.69. The molecule has 1 aliphatic rings. The van der Waals surface area contributed by atoms with E-state index in [1.54, 1.807) is 0 Å². The first-order valence-corrected chi connectivity index (χ1v) is 12.7. The van der Waals surface area contributed by atoms with Crippen LogP contribution in [0.4, 0.5) is 5.69 Å². The third kappa shape index (κ3) is 5.11. The normalized spacial score (nSPS) is 16.4. The number of nitrogens with two attached hydrogens (primary N) is 1. The summed E-state index contributed by atoms with van der Waals surface area (Å²) < 4.78 is 46.2. The lowest BCUT2D eigenvalue weighted by atomic mass is 10.2. The maximum Gasteiger partial charge on any atom is 0.269 e. The number of fused-ring (bicyclic) bond motifs is 1. The zero-order chi connectivity index (χ0) is 23.9. The molecular formula is C17H15Cl3N4O6S2. The summed E-state index contributed by atoms with van der Waals surface area (Å²) in [4.78, 5) is 24.6. The zero-order valence-electron chi connectivity index (χ0n) is 15.8. The van der Waals surface area contributed by atoms with E-state index in [9.17, 15) is 26.4 Å². The number of sulfonamides is 2. The first kappa shape index (κ1) is 24.6. The minimum absolute atomic E-state index is 0.0497. The third-order valence-corrected chi connectivity index (χ3v) is 7.70. The van der Waals surface area contributed by atoms with Crippen LogP contribution < -0.4 is 15.8 Å². The average Bonchev–Trinajstić information content (AvgIpc) is 2.87. The Hall–Kier alpha value is -2.09. The highest BCUT2D eigenvalue weighted by atomic mass is 35.6. The van der Waals surface area contributed by atoms with E-state index >= 15 is 0 Å². The van der Waals surface area contributed by atoms with Crippen molar-refractivity contribution in [2.75, 3.05) is 11.9 Å². The van der Waals surface area contributed by atoms with E-state index in [1.165, 1.54) is 48.5 Å². The molecule has 3 rings (SSSR count). The topological polar surface area (TPSA) is 156 Å². The molecule has 0 radical (unpaired) electrons. The van der Waals surface area contributed by atoms with Crippen LogP contribution in [0.3, 0.4) is 0 Å². The molecule has 1 heterocycles. The third-order valence-electron chi connectivity index (χ3n) is 4.33. The van der Waals surface area contributed by atoms with Gasteiger partial charge >= 0.3 is 0 Å². The SMILES string of the molecule is NS(=O)(=O)c1ccc(N[C@H](NC(=O)CN2C(=O)c3ccccc3S2(=O)=O)C(Cl)(Cl)Cl)cc1. The molecule has 2 aromatic rings. The first-order valence-electron chi connectivity index (χ1n) is 8.63. The van der Waals surface area contributed by atoms with Crippen molar-refractivity contribution in [3.8, 4) is 0 Å². The number of primary sulfonamides is 1. The largest absolute Gasteiger partial charge is 0.362 e. The molecule has 0 fully saturated rings. The van der Waals surface area contributed by atoms with Crippen molar-refractivity contribution in [2.24, 2.45) is 5.14 Å². The van der Waals surface area contributed by atoms with Gasteiger partial charge in [-0.1, -0.05) is 46.9 Å². The lowest BCUT2D eigenvalue weighted by Gasteiger charge is -2.28. The molecule has 10 nitrogen and oxygen atoms in total. The van der Waals surface area contributed by atoms with E-state index in [2.05, 4.69) is 10.6 Å². The monoisotopic (exact) mass is 540 g/mol. The van der Waals surface area contributed by atoms with Gasteiger partial charge in [0.15, 0.2) is 0 Å². The number of benzene rings is 2. The van der Waals surface area contributed by atoms with Gasteiger partial charge in [0, 0.05) is 5.69 Å². The smallest absolute Gasteiger partial charge is 0.269 e. The van der Waals surface area contributed by atoms with Crippen molar-refractivity contribution >= 4 is 72.4 Å². The Kier molecular flexibility index (Phi) is 6.67. The number of hydrogen-bond acceptors (Lipinski definition) is 7. The van der Waals surface area contributed by atoms with Gasteiger partial charge in [0.05, 0.1) is 10.5 Å². The van der Waals surface area contributed by atoms with Crippen molar-refractivity contribution in [3.05, 3.63) is 54.1 Å². The lowest BCUT2D eigenvalue weighted by molar-refractivity contribution is -0.121. The minimum Gasteiger partial charge on any atom is -0.362 e. The zero-order valence-corrected chi connectivity index (χ0v) is 19.7. The Morgan fingerprint density at radius 2 is 1.69 bits per heavy atom. The summed E-state index contributed by atoms with van der Waals surface area (Å²) in [6, 6.07) is 10.6. The number of alkyl halides is 3. The van der Waals surface area contributed by atoms with Crippen LogP contribution in [0.2, 0.25) is 0 Å². The quantitative estimate of drug-likeness (QED) is 0.369. The minimum atomic E-state index is -4.20. The number of anilines is 1. The second-order valence-electron chi connectivity index (χ2n) is 6.57. The fourth-order valence-corrected chi connectivity index (χ4v) is 5.20. The molecule has 0 spiro atoms. The molecule has 1 atom stereocenters. The highest BCUT2D eigenvalue weighted by Gasteiger charge is 2.42. The van der Waals surface area contributed by atoms with Gasteiger partial charge in [-0.15, -0.1) is 0 Å². The molecule has 1 aliphatic heterocycles. The number of nitrogens with zero attached hydrogens (tertiary/aromatic N) is 1. The molecule has 172 valence electrons. The molecular weight excluding hydrogens is 527 g/mol. The van der Waals surface area contributed by atoms with E-state index in [0.29, 0.717) is 4.31 Å². The van der Waals surface area contributed by atoms with Crippen molar-refractivity contribution in [2.45, 2.75) is 19.7 Å². The van der Waals surface area contributed by atoms with E-state index in [4.69, 9.17) is 39.9 Å². The molecule has 0 unspecified atom stereocenters. The average molecular weight is 542 g/mol. The van der Waals surface area contributed by atoms with Gasteiger partial charge in [-0.25, -0.2) is 26.3 Å². The molecule has 4 N–H and O–H groups in total. The number of carbonyl (C=O) groups excluding carboxylic acids is 2.